The number of rotatable bonds is 6. The Labute approximate surface area is 151 Å². The first kappa shape index (κ1) is 19.6. The maximum Gasteiger partial charge on any atom is 0.252 e. The number of amides is 1. The molecule has 0 aliphatic heterocycles. The number of benzene rings is 2. The van der Waals surface area contributed by atoms with Crippen molar-refractivity contribution in [1.82, 2.24) is 5.32 Å². The number of carbonyl (C=O) groups is 1. The maximum atomic E-state index is 11.0. The SMILES string of the molecule is CC(C)NCC(O)c1ccc(O)c(C(N)=O)c1.COc1cc2ccc1o2. The molecule has 0 saturated carbocycles. The molecule has 0 radical (unpaired) electrons. The van der Waals surface area contributed by atoms with E-state index in [4.69, 9.17) is 14.9 Å². The number of phenols is 1. The molecule has 140 valence electrons. The molecule has 7 heteroatoms. The summed E-state index contributed by atoms with van der Waals surface area (Å²) in [7, 11) is 1.64. The number of primary amides is 1. The van der Waals surface area contributed by atoms with Gasteiger partial charge in [-0.15, -0.1) is 0 Å². The second-order valence-electron chi connectivity index (χ2n) is 6.13. The summed E-state index contributed by atoms with van der Waals surface area (Å²) in [6.07, 6.45) is -0.740. The molecule has 1 aromatic carbocycles. The zero-order valence-corrected chi connectivity index (χ0v) is 15.0. The standard InChI is InChI=1S/C12H18N2O3.C7H6O2/c1-7(2)14-6-11(16)8-3-4-10(15)9(5-8)12(13)17;1-8-7-4-5-2-3-6(7)9-5/h3-5,7,11,14-16H,6H2,1-2H3,(H2,13,17);2-4H,1H3. The molecule has 1 atom stereocenters. The minimum atomic E-state index is -0.740. The average Bonchev–Trinajstić information content (AvgIpc) is 3.23. The van der Waals surface area contributed by atoms with Crippen molar-refractivity contribution >= 4 is 17.1 Å². The van der Waals surface area contributed by atoms with Gasteiger partial charge in [0.2, 0.25) is 0 Å². The van der Waals surface area contributed by atoms with Crippen molar-refractivity contribution in [3.05, 3.63) is 47.5 Å². The number of carbonyl (C=O) groups excluding carboxylic acids is 1. The molecule has 0 spiro atoms. The summed E-state index contributed by atoms with van der Waals surface area (Å²) in [4.78, 5) is 11.0. The minimum Gasteiger partial charge on any atom is -0.507 e. The van der Waals surface area contributed by atoms with Crippen LogP contribution in [-0.4, -0.2) is 35.8 Å². The lowest BCUT2D eigenvalue weighted by molar-refractivity contribution is 0.0997. The molecule has 2 bridgehead atoms. The molecule has 2 heterocycles. The van der Waals surface area contributed by atoms with Crippen LogP contribution in [0.15, 0.2) is 40.8 Å². The topological polar surface area (TPSA) is 118 Å². The minimum absolute atomic E-state index is 0.0195. The number of hydrogen-bond donors (Lipinski definition) is 4. The van der Waals surface area contributed by atoms with E-state index in [0.717, 1.165) is 16.9 Å². The summed E-state index contributed by atoms with van der Waals surface area (Å²) >= 11 is 0. The van der Waals surface area contributed by atoms with Gasteiger partial charge in [0, 0.05) is 18.7 Å². The Morgan fingerprint density at radius 3 is 2.46 bits per heavy atom. The Balaban J connectivity index is 0.000000223. The Morgan fingerprint density at radius 1 is 1.27 bits per heavy atom. The summed E-state index contributed by atoms with van der Waals surface area (Å²) in [6, 6.07) is 10.3. The van der Waals surface area contributed by atoms with Gasteiger partial charge in [0.1, 0.15) is 11.3 Å². The average molecular weight is 360 g/mol. The first-order chi connectivity index (χ1) is 12.3. The van der Waals surface area contributed by atoms with E-state index in [2.05, 4.69) is 5.32 Å². The fraction of sp³-hybridized carbons (Fsp3) is 0.316. The van der Waals surface area contributed by atoms with Crippen LogP contribution in [0.2, 0.25) is 0 Å². The highest BCUT2D eigenvalue weighted by Crippen LogP contribution is 2.28. The van der Waals surface area contributed by atoms with Crippen molar-refractivity contribution in [3.63, 3.8) is 0 Å². The highest BCUT2D eigenvalue weighted by atomic mass is 16.5. The van der Waals surface area contributed by atoms with Crippen molar-refractivity contribution in [2.45, 2.75) is 26.0 Å². The fourth-order valence-electron chi connectivity index (χ4n) is 2.35. The van der Waals surface area contributed by atoms with Crippen LogP contribution in [0.5, 0.6) is 11.5 Å². The predicted octanol–water partition coefficient (Wildman–Crippen LogP) is 2.40. The monoisotopic (exact) mass is 360 g/mol. The number of methoxy groups -OCH3 is 1. The van der Waals surface area contributed by atoms with E-state index in [1.165, 1.54) is 12.1 Å². The largest absolute Gasteiger partial charge is 0.507 e. The van der Waals surface area contributed by atoms with Gasteiger partial charge < -0.3 is 30.4 Å². The van der Waals surface area contributed by atoms with Crippen LogP contribution >= 0.6 is 0 Å². The van der Waals surface area contributed by atoms with E-state index in [0.29, 0.717) is 12.1 Å². The number of nitrogens with two attached hydrogens (primary N) is 1. The van der Waals surface area contributed by atoms with Gasteiger partial charge in [0.05, 0.1) is 18.8 Å². The molecule has 3 aromatic rings. The second-order valence-corrected chi connectivity index (χ2v) is 6.13. The number of aromatic hydroxyl groups is 1. The van der Waals surface area contributed by atoms with E-state index in [1.807, 2.05) is 32.0 Å². The third-order valence-corrected chi connectivity index (χ3v) is 3.75. The van der Waals surface area contributed by atoms with Crippen molar-refractivity contribution in [2.75, 3.05) is 13.7 Å². The lowest BCUT2D eigenvalue weighted by atomic mass is 10.0. The molecule has 0 fully saturated rings. The Morgan fingerprint density at radius 2 is 2.00 bits per heavy atom. The van der Waals surface area contributed by atoms with Crippen molar-refractivity contribution in [2.24, 2.45) is 5.73 Å². The Kier molecular flexibility index (Phi) is 6.43. The van der Waals surface area contributed by atoms with Crippen molar-refractivity contribution in [1.29, 1.82) is 0 Å². The third kappa shape index (κ3) is 4.87. The summed E-state index contributed by atoms with van der Waals surface area (Å²) in [5, 5.41) is 22.4. The molecule has 0 aliphatic rings. The molecule has 5 N–H and O–H groups in total. The molecule has 0 saturated heterocycles. The van der Waals surface area contributed by atoms with Crippen LogP contribution in [0.25, 0.3) is 11.2 Å². The molecule has 26 heavy (non-hydrogen) atoms. The molecule has 0 aliphatic carbocycles. The van der Waals surface area contributed by atoms with Gasteiger partial charge in [-0.1, -0.05) is 19.9 Å². The van der Waals surface area contributed by atoms with Crippen LogP contribution in [0, 0.1) is 0 Å². The summed E-state index contributed by atoms with van der Waals surface area (Å²) in [5.74, 6) is -0.0638. The van der Waals surface area contributed by atoms with E-state index in [1.54, 1.807) is 13.2 Å². The highest BCUT2D eigenvalue weighted by Gasteiger charge is 2.13. The van der Waals surface area contributed by atoms with Crippen molar-refractivity contribution < 1.29 is 24.2 Å². The number of fused-ring (bicyclic) bond motifs is 2. The van der Waals surface area contributed by atoms with Crippen LogP contribution in [0.1, 0.15) is 35.9 Å². The smallest absolute Gasteiger partial charge is 0.252 e. The highest BCUT2D eigenvalue weighted by molar-refractivity contribution is 5.95. The summed E-state index contributed by atoms with van der Waals surface area (Å²) in [6.45, 7) is 4.32. The van der Waals surface area contributed by atoms with Gasteiger partial charge in [-0.05, 0) is 29.8 Å². The van der Waals surface area contributed by atoms with Gasteiger partial charge in [0.25, 0.3) is 5.91 Å². The van der Waals surface area contributed by atoms with Gasteiger partial charge in [-0.3, -0.25) is 4.79 Å². The zero-order valence-electron chi connectivity index (χ0n) is 15.0. The van der Waals surface area contributed by atoms with E-state index >= 15 is 0 Å². The van der Waals surface area contributed by atoms with Crippen LogP contribution in [0.4, 0.5) is 0 Å². The molecule has 1 amide bonds. The molecular weight excluding hydrogens is 336 g/mol. The van der Waals surface area contributed by atoms with Crippen LogP contribution < -0.4 is 15.8 Å². The maximum absolute atomic E-state index is 11.0. The number of nitrogens with one attached hydrogen (secondary N) is 1. The predicted molar refractivity (Wildman–Crippen MR) is 98.7 cm³/mol. The first-order valence-electron chi connectivity index (χ1n) is 8.22. The summed E-state index contributed by atoms with van der Waals surface area (Å²) in [5.41, 5.74) is 7.38. The molecule has 2 aromatic heterocycles. The van der Waals surface area contributed by atoms with E-state index < -0.39 is 12.0 Å². The van der Waals surface area contributed by atoms with Gasteiger partial charge in [0.15, 0.2) is 11.3 Å². The molecule has 1 unspecified atom stereocenters. The van der Waals surface area contributed by atoms with E-state index in [-0.39, 0.29) is 17.4 Å². The van der Waals surface area contributed by atoms with Crippen LogP contribution in [-0.2, 0) is 0 Å². The number of hydrogen-bond acceptors (Lipinski definition) is 6. The van der Waals surface area contributed by atoms with Gasteiger partial charge in [-0.2, -0.15) is 0 Å². The lowest BCUT2D eigenvalue weighted by Crippen LogP contribution is -2.28. The number of aliphatic hydroxyl groups excluding tert-OH is 1. The third-order valence-electron chi connectivity index (χ3n) is 3.75. The molecule has 3 rings (SSSR count). The number of ether oxygens (including phenoxy) is 1. The van der Waals surface area contributed by atoms with Gasteiger partial charge >= 0.3 is 0 Å². The van der Waals surface area contributed by atoms with E-state index in [9.17, 15) is 15.0 Å². The first-order valence-corrected chi connectivity index (χ1v) is 8.22. The Hall–Kier alpha value is -2.77. The van der Waals surface area contributed by atoms with Crippen LogP contribution in [0.3, 0.4) is 0 Å². The fourth-order valence-corrected chi connectivity index (χ4v) is 2.35. The van der Waals surface area contributed by atoms with Crippen molar-refractivity contribution in [3.8, 4) is 11.5 Å². The molecular formula is C19H24N2O5. The lowest BCUT2D eigenvalue weighted by Gasteiger charge is -2.15. The zero-order chi connectivity index (χ0) is 19.3. The normalized spacial score (nSPS) is 12.0. The quantitative estimate of drug-likeness (QED) is 0.536. The van der Waals surface area contributed by atoms with Gasteiger partial charge in [-0.25, -0.2) is 0 Å². The molecule has 7 nitrogen and oxygen atoms in total. The Bertz CT molecular complexity index is 843. The number of aliphatic hydroxyl groups is 1. The number of furan rings is 2. The second kappa shape index (κ2) is 8.55. The summed E-state index contributed by atoms with van der Waals surface area (Å²) < 4.78 is 10.2.